The number of nitrogens with zero attached hydrogens (tertiary/aromatic N) is 6. The molecule has 0 unspecified atom stereocenters. The van der Waals surface area contributed by atoms with Gasteiger partial charge in [-0.3, -0.25) is 19.9 Å². The van der Waals surface area contributed by atoms with Crippen molar-refractivity contribution in [3.05, 3.63) is 274 Å². The lowest BCUT2D eigenvalue weighted by atomic mass is 9.97. The lowest BCUT2D eigenvalue weighted by Crippen LogP contribution is -2.03. The van der Waals surface area contributed by atoms with E-state index in [1.54, 1.807) is 0 Å². The number of rotatable bonds is 10. The highest BCUT2D eigenvalue weighted by Gasteiger charge is 2.21. The first-order valence-corrected chi connectivity index (χ1v) is 27.6. The average molecular weight is 1060 g/mol. The summed E-state index contributed by atoms with van der Waals surface area (Å²) in [6.07, 6.45) is 22.3. The van der Waals surface area contributed by atoms with Crippen LogP contribution in [-0.4, -0.2) is 42.0 Å². The molecule has 0 amide bonds. The zero-order chi connectivity index (χ0) is 56.4. The lowest BCUT2D eigenvalue weighted by molar-refractivity contribution is 0.889. The summed E-state index contributed by atoms with van der Waals surface area (Å²) in [7, 11) is 0. The van der Waals surface area contributed by atoms with Crippen molar-refractivity contribution >= 4 is 51.7 Å². The van der Waals surface area contributed by atoms with Gasteiger partial charge in [-0.2, -0.15) is 0 Å². The van der Waals surface area contributed by atoms with Crippen molar-refractivity contribution in [1.29, 1.82) is 10.8 Å². The normalized spacial score (nSPS) is 11.3. The zero-order valence-electron chi connectivity index (χ0n) is 45.9. The Morgan fingerprint density at radius 2 is 0.854 bits per heavy atom. The van der Waals surface area contributed by atoms with Crippen LogP contribution in [0.25, 0.3) is 128 Å². The quantitative estimate of drug-likeness (QED) is 0.133. The summed E-state index contributed by atoms with van der Waals surface area (Å²) in [5.74, 6) is 0. The van der Waals surface area contributed by atoms with Gasteiger partial charge in [-0.25, -0.2) is 0 Å². The van der Waals surface area contributed by atoms with Crippen LogP contribution in [0, 0.1) is 10.8 Å². The van der Waals surface area contributed by atoms with E-state index in [-0.39, 0.29) is 0 Å². The van der Waals surface area contributed by atoms with Crippen molar-refractivity contribution in [3.8, 4) is 89.4 Å². The standard InChI is InChI=1S/C68H46N6.C3H5N.C2H6.CH3N/c1-2-23-65-60(21-1)61-40-53(56-35-57(44-71-43-56)64-22-3-4-32-72-64)26-29-66(61)73(65)58-19-7-15-49(36-58)50-16-8-20-59(37-50)74-67-27-24-51(45-11-5-13-47(33-45)54-17-9-30-69-41-54)38-62(67)63-39-52(25-28-68(63)74)46-12-6-14-48(34-46)55-18-10-31-70-42-55;1-2-3-4;2*1-2/h1,3-22,24-44H,2,23H2;2-4H,1H2;1-2H3;2H,1H2. The first kappa shape index (κ1) is 53.3. The summed E-state index contributed by atoms with van der Waals surface area (Å²) in [5.41, 5.74) is 23.9. The van der Waals surface area contributed by atoms with Crippen molar-refractivity contribution in [2.75, 3.05) is 0 Å². The molecule has 13 aromatic rings. The van der Waals surface area contributed by atoms with E-state index in [1.807, 2.05) is 87.6 Å². The van der Waals surface area contributed by atoms with Crippen molar-refractivity contribution in [2.24, 2.45) is 0 Å². The fraction of sp³-hybridized carbons (Fsp3) is 0.0541. The van der Waals surface area contributed by atoms with Gasteiger partial charge in [0.05, 0.1) is 22.2 Å². The number of hydrogen-bond acceptors (Lipinski definition) is 6. The molecule has 0 atom stereocenters. The largest absolute Gasteiger partial charge is 0.317 e. The molecule has 0 saturated heterocycles. The predicted molar refractivity (Wildman–Crippen MR) is 344 cm³/mol. The molecule has 6 aromatic heterocycles. The summed E-state index contributed by atoms with van der Waals surface area (Å²) in [6.45, 7) is 9.74. The smallest absolute Gasteiger partial charge is 0.0717 e. The molecule has 1 aliphatic rings. The monoisotopic (exact) mass is 1060 g/mol. The lowest BCUT2D eigenvalue weighted by Gasteiger charge is -2.15. The minimum Gasteiger partial charge on any atom is -0.317 e. The Labute approximate surface area is 478 Å². The van der Waals surface area contributed by atoms with Gasteiger partial charge < -0.3 is 20.0 Å². The molecule has 8 nitrogen and oxygen atoms in total. The van der Waals surface area contributed by atoms with Crippen LogP contribution in [0.2, 0.25) is 0 Å². The molecule has 1 aliphatic carbocycles. The van der Waals surface area contributed by atoms with Crippen LogP contribution in [-0.2, 0) is 6.42 Å². The molecule has 0 radical (unpaired) electrons. The fourth-order valence-corrected chi connectivity index (χ4v) is 11.1. The van der Waals surface area contributed by atoms with Gasteiger partial charge in [0.1, 0.15) is 0 Å². The van der Waals surface area contributed by atoms with E-state index >= 15 is 0 Å². The first-order chi connectivity index (χ1) is 40.6. The van der Waals surface area contributed by atoms with Crippen molar-refractivity contribution in [1.82, 2.24) is 29.1 Å². The third kappa shape index (κ3) is 10.6. The minimum atomic E-state index is 0.914. The molecule has 2 N–H and O–H groups in total. The molecule has 0 fully saturated rings. The van der Waals surface area contributed by atoms with Crippen molar-refractivity contribution < 1.29 is 0 Å². The van der Waals surface area contributed by atoms with Gasteiger partial charge >= 0.3 is 0 Å². The van der Waals surface area contributed by atoms with Crippen LogP contribution in [0.5, 0.6) is 0 Å². The SMILES string of the molecule is C1=Cc2c(n(-c3cccc(-c4cccc(-n5c6ccc(-c7cccc(-c8cccnc8)c7)cc6c6cc(-c7cccc(-c8cccnc8)c7)ccc65)c4)c3)c3ccc(-c4cncc(-c5ccccn5)c4)cc23)CC1.C=CC=N.C=N.CC. The predicted octanol–water partition coefficient (Wildman–Crippen LogP) is 19.0. The topological polar surface area (TPSA) is 109 Å². The summed E-state index contributed by atoms with van der Waals surface area (Å²) < 4.78 is 4.92. The highest BCUT2D eigenvalue weighted by molar-refractivity contribution is 6.12. The van der Waals surface area contributed by atoms with Crippen LogP contribution < -0.4 is 0 Å². The van der Waals surface area contributed by atoms with Gasteiger partial charge in [-0.15, -0.1) is 0 Å². The molecule has 0 saturated carbocycles. The van der Waals surface area contributed by atoms with E-state index < -0.39 is 0 Å². The third-order valence-electron chi connectivity index (χ3n) is 14.8. The fourth-order valence-electron chi connectivity index (χ4n) is 11.1. The Hall–Kier alpha value is -10.7. The zero-order valence-corrected chi connectivity index (χ0v) is 45.9. The molecule has 0 aliphatic heterocycles. The summed E-state index contributed by atoms with van der Waals surface area (Å²) in [4.78, 5) is 18.0. The molecule has 0 bridgehead atoms. The van der Waals surface area contributed by atoms with Crippen LogP contribution in [0.3, 0.4) is 0 Å². The summed E-state index contributed by atoms with van der Waals surface area (Å²) in [5, 5.41) is 15.3. The van der Waals surface area contributed by atoms with E-state index in [0.29, 0.717) is 0 Å². The highest BCUT2D eigenvalue weighted by Crippen LogP contribution is 2.41. The first-order valence-electron chi connectivity index (χ1n) is 27.6. The van der Waals surface area contributed by atoms with E-state index in [4.69, 9.17) is 10.8 Å². The summed E-state index contributed by atoms with van der Waals surface area (Å²) in [6, 6.07) is 72.7. The number of nitrogens with one attached hydrogen (secondary N) is 2. The Balaban J connectivity index is 0.000000839. The number of fused-ring (bicyclic) bond motifs is 6. The van der Waals surface area contributed by atoms with Crippen LogP contribution in [0.15, 0.2) is 262 Å². The maximum absolute atomic E-state index is 6.21. The average Bonchev–Trinajstić information content (AvgIpc) is 4.03. The Kier molecular flexibility index (Phi) is 16.0. The molecule has 82 heavy (non-hydrogen) atoms. The molecule has 6 heterocycles. The van der Waals surface area contributed by atoms with Crippen LogP contribution >= 0.6 is 0 Å². The van der Waals surface area contributed by atoms with Gasteiger partial charge in [0.2, 0.25) is 0 Å². The van der Waals surface area contributed by atoms with Gasteiger partial charge in [-0.1, -0.05) is 136 Å². The second-order valence-corrected chi connectivity index (χ2v) is 19.5. The second kappa shape index (κ2) is 24.5. The molecule has 0 spiro atoms. The minimum absolute atomic E-state index is 0.914. The van der Waals surface area contributed by atoms with Gasteiger partial charge in [0.25, 0.3) is 0 Å². The number of pyridine rings is 4. The third-order valence-corrected chi connectivity index (χ3v) is 14.8. The summed E-state index contributed by atoms with van der Waals surface area (Å²) >= 11 is 0. The van der Waals surface area contributed by atoms with E-state index in [1.165, 1.54) is 39.0 Å². The maximum Gasteiger partial charge on any atom is 0.0717 e. The van der Waals surface area contributed by atoms with E-state index in [0.717, 1.165) is 119 Å². The Morgan fingerprint density at radius 3 is 1.38 bits per heavy atom. The second-order valence-electron chi connectivity index (χ2n) is 19.5. The molecule has 14 rings (SSSR count). The van der Waals surface area contributed by atoms with Crippen LogP contribution in [0.4, 0.5) is 0 Å². The molecule has 396 valence electrons. The maximum atomic E-state index is 6.21. The number of benzene rings is 7. The highest BCUT2D eigenvalue weighted by atomic mass is 15.0. The Bertz CT molecular complexity index is 4290. The number of aromatic nitrogens is 6. The molecular weight excluding hydrogens is 1000 g/mol. The van der Waals surface area contributed by atoms with E-state index in [2.05, 4.69) is 224 Å². The van der Waals surface area contributed by atoms with Crippen LogP contribution in [0.1, 0.15) is 31.5 Å². The van der Waals surface area contributed by atoms with Crippen molar-refractivity contribution in [2.45, 2.75) is 26.7 Å². The van der Waals surface area contributed by atoms with Crippen molar-refractivity contribution in [3.63, 3.8) is 0 Å². The van der Waals surface area contributed by atoms with E-state index in [9.17, 15) is 0 Å². The van der Waals surface area contributed by atoms with Gasteiger partial charge in [0.15, 0.2) is 0 Å². The number of allylic oxidation sites excluding steroid dienone is 2. The van der Waals surface area contributed by atoms with Gasteiger partial charge in [0, 0.05) is 111 Å². The number of hydrogen-bond donors (Lipinski definition) is 2. The Morgan fingerprint density at radius 1 is 0.415 bits per heavy atom. The molecule has 7 aromatic carbocycles. The van der Waals surface area contributed by atoms with Gasteiger partial charge in [-0.05, 0) is 173 Å². The molecule has 8 heteroatoms. The molecular formula is C74H60N8.